The molecule has 0 aromatic heterocycles. The molecule has 0 saturated carbocycles. The van der Waals surface area contributed by atoms with Gasteiger partial charge in [-0.25, -0.2) is 0 Å². The van der Waals surface area contributed by atoms with E-state index in [1.54, 1.807) is 12.1 Å². The molecule has 0 bridgehead atoms. The van der Waals surface area contributed by atoms with Crippen LogP contribution in [0.15, 0.2) is 36.9 Å². The van der Waals surface area contributed by atoms with Gasteiger partial charge >= 0.3 is 0 Å². The van der Waals surface area contributed by atoms with E-state index in [2.05, 4.69) is 6.58 Å². The summed E-state index contributed by atoms with van der Waals surface area (Å²) in [5, 5.41) is 9.36. The predicted octanol–water partition coefficient (Wildman–Crippen LogP) is 2.08. The topological polar surface area (TPSA) is 37.3 Å². The summed E-state index contributed by atoms with van der Waals surface area (Å²) in [7, 11) is 0. The Morgan fingerprint density at radius 3 is 2.77 bits per heavy atom. The lowest BCUT2D eigenvalue weighted by molar-refractivity contribution is -0.114. The lowest BCUT2D eigenvalue weighted by Gasteiger charge is -2.01. The van der Waals surface area contributed by atoms with E-state index in [-0.39, 0.29) is 11.5 Å². The molecule has 0 aliphatic heterocycles. The van der Waals surface area contributed by atoms with Gasteiger partial charge in [0.05, 0.1) is 0 Å². The van der Waals surface area contributed by atoms with E-state index >= 15 is 0 Å². The van der Waals surface area contributed by atoms with Crippen molar-refractivity contribution in [1.82, 2.24) is 0 Å². The Morgan fingerprint density at radius 1 is 1.46 bits per heavy atom. The smallest absolute Gasteiger partial charge is 0.155 e. The summed E-state index contributed by atoms with van der Waals surface area (Å²) in [5.74, 6) is 0.252. The molecular formula is C11H12O2. The second kappa shape index (κ2) is 4.45. The molecule has 2 heteroatoms. The number of aromatic hydroxyl groups is 1. The van der Waals surface area contributed by atoms with Crippen LogP contribution in [0.3, 0.4) is 0 Å². The number of hydrogen-bond acceptors (Lipinski definition) is 2. The summed E-state index contributed by atoms with van der Waals surface area (Å²) in [6.07, 6.45) is 2.28. The highest BCUT2D eigenvalue weighted by atomic mass is 16.3. The van der Waals surface area contributed by atoms with E-state index < -0.39 is 0 Å². The molecule has 1 N–H and O–H groups in total. The van der Waals surface area contributed by atoms with Crippen LogP contribution < -0.4 is 0 Å². The fourth-order valence-electron chi connectivity index (χ4n) is 1.08. The van der Waals surface area contributed by atoms with Gasteiger partial charge < -0.3 is 5.11 Å². The lowest BCUT2D eigenvalue weighted by atomic mass is 10.1. The van der Waals surface area contributed by atoms with Crippen molar-refractivity contribution in [3.63, 3.8) is 0 Å². The Morgan fingerprint density at radius 2 is 2.15 bits per heavy atom. The molecule has 0 amide bonds. The van der Waals surface area contributed by atoms with Crippen LogP contribution in [-0.2, 0) is 11.2 Å². The van der Waals surface area contributed by atoms with Crippen LogP contribution >= 0.6 is 0 Å². The van der Waals surface area contributed by atoms with Crippen LogP contribution in [0.5, 0.6) is 5.75 Å². The van der Waals surface area contributed by atoms with Crippen molar-refractivity contribution in [1.29, 1.82) is 0 Å². The van der Waals surface area contributed by atoms with Crippen LogP contribution in [0.4, 0.5) is 0 Å². The van der Waals surface area contributed by atoms with Crippen molar-refractivity contribution in [2.24, 2.45) is 0 Å². The van der Waals surface area contributed by atoms with Crippen LogP contribution in [0.1, 0.15) is 12.0 Å². The first-order valence-electron chi connectivity index (χ1n) is 4.16. The van der Waals surface area contributed by atoms with Crippen molar-refractivity contribution < 1.29 is 9.90 Å². The zero-order valence-electron chi connectivity index (χ0n) is 7.36. The minimum absolute atomic E-state index is 0.00301. The summed E-state index contributed by atoms with van der Waals surface area (Å²) < 4.78 is 0. The third-order valence-corrected chi connectivity index (χ3v) is 1.86. The zero-order valence-corrected chi connectivity index (χ0v) is 7.36. The Bertz CT molecular complexity index is 316. The first kappa shape index (κ1) is 9.52. The minimum Gasteiger partial charge on any atom is -0.508 e. The van der Waals surface area contributed by atoms with Gasteiger partial charge in [0.2, 0.25) is 0 Å². The van der Waals surface area contributed by atoms with Crippen molar-refractivity contribution in [2.75, 3.05) is 0 Å². The van der Waals surface area contributed by atoms with Crippen molar-refractivity contribution >= 4 is 5.78 Å². The molecule has 0 heterocycles. The zero-order chi connectivity index (χ0) is 9.68. The quantitative estimate of drug-likeness (QED) is 0.713. The molecule has 0 aliphatic carbocycles. The molecule has 0 aliphatic rings. The van der Waals surface area contributed by atoms with Gasteiger partial charge in [-0.2, -0.15) is 0 Å². The maximum atomic E-state index is 10.9. The second-order valence-electron chi connectivity index (χ2n) is 2.80. The van der Waals surface area contributed by atoms with E-state index in [4.69, 9.17) is 0 Å². The molecule has 0 saturated heterocycles. The Balaban J connectivity index is 2.59. The van der Waals surface area contributed by atoms with Crippen LogP contribution in [0.2, 0.25) is 0 Å². The van der Waals surface area contributed by atoms with Crippen LogP contribution in [-0.4, -0.2) is 10.9 Å². The van der Waals surface area contributed by atoms with Crippen LogP contribution in [0, 0.1) is 0 Å². The molecule has 1 rings (SSSR count). The molecule has 0 radical (unpaired) electrons. The van der Waals surface area contributed by atoms with E-state index in [1.165, 1.54) is 6.08 Å². The lowest BCUT2D eigenvalue weighted by Crippen LogP contribution is -1.95. The number of ketones is 1. The maximum absolute atomic E-state index is 10.9. The fourth-order valence-corrected chi connectivity index (χ4v) is 1.08. The highest BCUT2D eigenvalue weighted by Crippen LogP contribution is 2.17. The van der Waals surface area contributed by atoms with Crippen molar-refractivity contribution in [3.05, 3.63) is 42.5 Å². The molecule has 68 valence electrons. The first-order chi connectivity index (χ1) is 6.24. The SMILES string of the molecule is C=CC(=O)CCc1ccccc1O. The van der Waals surface area contributed by atoms with E-state index in [9.17, 15) is 9.90 Å². The number of carbonyl (C=O) groups excluding carboxylic acids is 1. The van der Waals surface area contributed by atoms with Gasteiger partial charge in [0, 0.05) is 6.42 Å². The van der Waals surface area contributed by atoms with Gasteiger partial charge in [0.1, 0.15) is 5.75 Å². The van der Waals surface area contributed by atoms with Crippen LogP contribution in [0.25, 0.3) is 0 Å². The van der Waals surface area contributed by atoms with Crippen molar-refractivity contribution in [3.8, 4) is 5.75 Å². The number of phenols is 1. The highest BCUT2D eigenvalue weighted by Gasteiger charge is 2.01. The highest BCUT2D eigenvalue weighted by molar-refractivity contribution is 5.89. The molecule has 0 spiro atoms. The summed E-state index contributed by atoms with van der Waals surface area (Å²) in [6.45, 7) is 3.38. The molecule has 13 heavy (non-hydrogen) atoms. The van der Waals surface area contributed by atoms with Gasteiger partial charge in [-0.1, -0.05) is 24.8 Å². The average Bonchev–Trinajstić information content (AvgIpc) is 2.16. The molecular weight excluding hydrogens is 164 g/mol. The van der Waals surface area contributed by atoms with Gasteiger partial charge in [-0.15, -0.1) is 0 Å². The predicted molar refractivity (Wildman–Crippen MR) is 51.6 cm³/mol. The van der Waals surface area contributed by atoms with E-state index in [1.807, 2.05) is 12.1 Å². The maximum Gasteiger partial charge on any atom is 0.155 e. The van der Waals surface area contributed by atoms with Crippen molar-refractivity contribution in [2.45, 2.75) is 12.8 Å². The monoisotopic (exact) mass is 176 g/mol. The number of benzene rings is 1. The first-order valence-corrected chi connectivity index (χ1v) is 4.16. The third-order valence-electron chi connectivity index (χ3n) is 1.86. The number of phenolic OH excluding ortho intramolecular Hbond substituents is 1. The molecule has 0 atom stereocenters. The number of hydrogen-bond donors (Lipinski definition) is 1. The second-order valence-corrected chi connectivity index (χ2v) is 2.80. The number of rotatable bonds is 4. The fraction of sp³-hybridized carbons (Fsp3) is 0.182. The van der Waals surface area contributed by atoms with E-state index in [0.717, 1.165) is 5.56 Å². The summed E-state index contributed by atoms with van der Waals surface area (Å²) >= 11 is 0. The average molecular weight is 176 g/mol. The molecule has 2 nitrogen and oxygen atoms in total. The Hall–Kier alpha value is -1.57. The molecule has 0 fully saturated rings. The number of carbonyl (C=O) groups is 1. The number of aryl methyl sites for hydroxylation is 1. The number of allylic oxidation sites excluding steroid dienone is 1. The summed E-state index contributed by atoms with van der Waals surface area (Å²) in [5.41, 5.74) is 0.803. The summed E-state index contributed by atoms with van der Waals surface area (Å²) in [6, 6.07) is 7.03. The van der Waals surface area contributed by atoms with E-state index in [0.29, 0.717) is 12.8 Å². The van der Waals surface area contributed by atoms with Gasteiger partial charge in [-0.05, 0) is 24.1 Å². The largest absolute Gasteiger partial charge is 0.508 e. The Kier molecular flexibility index (Phi) is 3.26. The van der Waals surface area contributed by atoms with Gasteiger partial charge in [0.25, 0.3) is 0 Å². The molecule has 0 unspecified atom stereocenters. The third kappa shape index (κ3) is 2.75. The molecule has 1 aromatic carbocycles. The minimum atomic E-state index is 0.00301. The van der Waals surface area contributed by atoms with Gasteiger partial charge in [-0.3, -0.25) is 4.79 Å². The summed E-state index contributed by atoms with van der Waals surface area (Å²) in [4.78, 5) is 10.9. The Labute approximate surface area is 77.5 Å². The standard InChI is InChI=1S/C11H12O2/c1-2-10(12)8-7-9-5-3-4-6-11(9)13/h2-6,13H,1,7-8H2. The molecule has 1 aromatic rings. The van der Waals surface area contributed by atoms with Gasteiger partial charge in [0.15, 0.2) is 5.78 Å². The normalized spacial score (nSPS) is 9.54. The number of para-hydroxylation sites is 1.